The molecule has 0 aromatic heterocycles. The second-order valence-electron chi connectivity index (χ2n) is 5.16. The first-order valence-electron chi connectivity index (χ1n) is 7.60. The van der Waals surface area contributed by atoms with Crippen LogP contribution >= 0.6 is 23.2 Å². The molecule has 0 atom stereocenters. The molecular weight excluding hydrogens is 331 g/mol. The Labute approximate surface area is 147 Å². The van der Waals surface area contributed by atoms with Crippen molar-refractivity contribution in [1.29, 1.82) is 0 Å². The third-order valence-corrected chi connectivity index (χ3v) is 4.04. The summed E-state index contributed by atoms with van der Waals surface area (Å²) in [6.45, 7) is 4.62. The van der Waals surface area contributed by atoms with Gasteiger partial charge in [-0.1, -0.05) is 60.5 Å². The Morgan fingerprint density at radius 1 is 1.13 bits per heavy atom. The van der Waals surface area contributed by atoms with Gasteiger partial charge in [-0.2, -0.15) is 0 Å². The lowest BCUT2D eigenvalue weighted by molar-refractivity contribution is 0.0999. The first kappa shape index (κ1) is 17.8. The number of nitrogens with zero attached hydrogens (tertiary/aromatic N) is 1. The number of rotatable bonds is 8. The highest BCUT2D eigenvalue weighted by molar-refractivity contribution is 6.35. The average Bonchev–Trinajstić information content (AvgIpc) is 2.57. The Kier molecular flexibility index (Phi) is 6.90. The number of anilines is 1. The summed E-state index contributed by atoms with van der Waals surface area (Å²) in [5.74, 6) is 0.0538. The van der Waals surface area contributed by atoms with E-state index in [0.717, 1.165) is 18.8 Å². The van der Waals surface area contributed by atoms with Crippen molar-refractivity contribution in [3.63, 3.8) is 0 Å². The van der Waals surface area contributed by atoms with Gasteiger partial charge in [-0.25, -0.2) is 0 Å². The minimum absolute atomic E-state index is 0.0538. The maximum atomic E-state index is 12.5. The van der Waals surface area contributed by atoms with E-state index < -0.39 is 0 Å². The predicted molar refractivity (Wildman–Crippen MR) is 98.0 cm³/mol. The second kappa shape index (κ2) is 8.92. The van der Waals surface area contributed by atoms with E-state index >= 15 is 0 Å². The molecule has 0 fully saturated rings. The van der Waals surface area contributed by atoms with E-state index in [9.17, 15) is 4.79 Å². The van der Waals surface area contributed by atoms with Gasteiger partial charge in [-0.15, -0.1) is 0 Å². The zero-order chi connectivity index (χ0) is 16.7. The van der Waals surface area contributed by atoms with Gasteiger partial charge in [0, 0.05) is 23.7 Å². The highest BCUT2D eigenvalue weighted by atomic mass is 35.5. The number of benzene rings is 2. The molecule has 5 heteroatoms. The fourth-order valence-electron chi connectivity index (χ4n) is 2.29. The summed E-state index contributed by atoms with van der Waals surface area (Å²) in [5.41, 5.74) is 1.47. The summed E-state index contributed by atoms with van der Waals surface area (Å²) in [6, 6.07) is 14.6. The van der Waals surface area contributed by atoms with Crippen LogP contribution in [0.4, 0.5) is 5.69 Å². The molecule has 0 spiro atoms. The number of hydrogen-bond acceptors (Lipinski definition) is 3. The molecule has 1 N–H and O–H groups in total. The molecule has 0 saturated heterocycles. The predicted octanol–water partition coefficient (Wildman–Crippen LogP) is 4.29. The van der Waals surface area contributed by atoms with Crippen molar-refractivity contribution in [3.8, 4) is 0 Å². The lowest BCUT2D eigenvalue weighted by atomic mass is 10.1. The molecule has 0 aliphatic heterocycles. The van der Waals surface area contributed by atoms with Crippen LogP contribution < -0.4 is 10.2 Å². The lowest BCUT2D eigenvalue weighted by Crippen LogP contribution is -2.36. The molecule has 2 aromatic rings. The van der Waals surface area contributed by atoms with Crippen LogP contribution in [0.5, 0.6) is 0 Å². The summed E-state index contributed by atoms with van der Waals surface area (Å²) < 4.78 is 0. The molecule has 0 aliphatic rings. The third-order valence-electron chi connectivity index (χ3n) is 3.49. The van der Waals surface area contributed by atoms with Crippen molar-refractivity contribution >= 4 is 34.7 Å². The zero-order valence-electron chi connectivity index (χ0n) is 13.1. The maximum Gasteiger partial charge on any atom is 0.182 e. The fourth-order valence-corrected chi connectivity index (χ4v) is 2.70. The Morgan fingerprint density at radius 3 is 2.57 bits per heavy atom. The van der Waals surface area contributed by atoms with E-state index in [0.29, 0.717) is 22.2 Å². The first-order valence-corrected chi connectivity index (χ1v) is 8.36. The van der Waals surface area contributed by atoms with E-state index in [-0.39, 0.29) is 12.3 Å². The molecule has 122 valence electrons. The Morgan fingerprint density at radius 2 is 1.87 bits per heavy atom. The van der Waals surface area contributed by atoms with E-state index in [2.05, 4.69) is 5.32 Å². The SMILES string of the molecule is CCNCCN(CC(=O)c1ccccc1)c1cc(Cl)ccc1Cl. The molecule has 0 unspecified atom stereocenters. The molecule has 0 amide bonds. The summed E-state index contributed by atoms with van der Waals surface area (Å²) >= 11 is 12.4. The van der Waals surface area contributed by atoms with Crippen molar-refractivity contribution in [2.75, 3.05) is 31.1 Å². The van der Waals surface area contributed by atoms with E-state index in [1.54, 1.807) is 18.2 Å². The van der Waals surface area contributed by atoms with E-state index in [1.165, 1.54) is 0 Å². The fraction of sp³-hybridized carbons (Fsp3) is 0.278. The van der Waals surface area contributed by atoms with E-state index in [1.807, 2.05) is 42.2 Å². The molecule has 0 radical (unpaired) electrons. The lowest BCUT2D eigenvalue weighted by Gasteiger charge is -2.25. The van der Waals surface area contributed by atoms with Gasteiger partial charge in [0.1, 0.15) is 0 Å². The van der Waals surface area contributed by atoms with Crippen molar-refractivity contribution in [3.05, 3.63) is 64.1 Å². The molecular formula is C18H20Cl2N2O. The quantitative estimate of drug-likeness (QED) is 0.569. The minimum Gasteiger partial charge on any atom is -0.361 e. The van der Waals surface area contributed by atoms with Gasteiger partial charge in [-0.05, 0) is 24.7 Å². The minimum atomic E-state index is 0.0538. The number of hydrogen-bond donors (Lipinski definition) is 1. The van der Waals surface area contributed by atoms with Gasteiger partial charge in [0.15, 0.2) is 5.78 Å². The molecule has 0 saturated carbocycles. The van der Waals surface area contributed by atoms with E-state index in [4.69, 9.17) is 23.2 Å². The number of ketones is 1. The highest BCUT2D eigenvalue weighted by Gasteiger charge is 2.16. The Hall–Kier alpha value is -1.55. The number of halogens is 2. The monoisotopic (exact) mass is 350 g/mol. The van der Waals surface area contributed by atoms with Crippen LogP contribution in [-0.2, 0) is 0 Å². The van der Waals surface area contributed by atoms with Crippen LogP contribution in [0.3, 0.4) is 0 Å². The zero-order valence-corrected chi connectivity index (χ0v) is 14.6. The standard InChI is InChI=1S/C18H20Cl2N2O/c1-2-21-10-11-22(17-12-15(19)8-9-16(17)20)13-18(23)14-6-4-3-5-7-14/h3-9,12,21H,2,10-11,13H2,1H3. The molecule has 0 aliphatic carbocycles. The van der Waals surface area contributed by atoms with Gasteiger partial charge >= 0.3 is 0 Å². The number of likely N-dealkylation sites (N-methyl/N-ethyl adjacent to an activating group) is 1. The highest BCUT2D eigenvalue weighted by Crippen LogP contribution is 2.29. The number of nitrogens with one attached hydrogen (secondary N) is 1. The van der Waals surface area contributed by atoms with Crippen LogP contribution in [0.2, 0.25) is 10.0 Å². The number of Topliss-reactive ketones (excluding diaryl/α,β-unsaturated/α-hetero) is 1. The largest absolute Gasteiger partial charge is 0.361 e. The van der Waals surface area contributed by atoms with Crippen LogP contribution in [0, 0.1) is 0 Å². The first-order chi connectivity index (χ1) is 11.1. The second-order valence-corrected chi connectivity index (χ2v) is 6.00. The van der Waals surface area contributed by atoms with Gasteiger partial charge < -0.3 is 10.2 Å². The van der Waals surface area contributed by atoms with Gasteiger partial charge in [0.05, 0.1) is 17.3 Å². The van der Waals surface area contributed by atoms with Gasteiger partial charge in [0.2, 0.25) is 0 Å². The van der Waals surface area contributed by atoms with Gasteiger partial charge in [0.25, 0.3) is 0 Å². The Balaban J connectivity index is 2.20. The third kappa shape index (κ3) is 5.24. The van der Waals surface area contributed by atoms with Gasteiger partial charge in [-0.3, -0.25) is 4.79 Å². The van der Waals surface area contributed by atoms with Crippen molar-refractivity contribution in [2.45, 2.75) is 6.92 Å². The maximum absolute atomic E-state index is 12.5. The number of carbonyl (C=O) groups is 1. The smallest absolute Gasteiger partial charge is 0.182 e. The number of carbonyl (C=O) groups excluding carboxylic acids is 1. The van der Waals surface area contributed by atoms with Crippen molar-refractivity contribution in [2.24, 2.45) is 0 Å². The topological polar surface area (TPSA) is 32.3 Å². The summed E-state index contributed by atoms with van der Waals surface area (Å²) in [7, 11) is 0. The molecule has 23 heavy (non-hydrogen) atoms. The summed E-state index contributed by atoms with van der Waals surface area (Å²) in [4.78, 5) is 14.5. The summed E-state index contributed by atoms with van der Waals surface area (Å²) in [6.07, 6.45) is 0. The molecule has 0 heterocycles. The normalized spacial score (nSPS) is 10.6. The van der Waals surface area contributed by atoms with Crippen LogP contribution in [-0.4, -0.2) is 32.0 Å². The average molecular weight is 351 g/mol. The van der Waals surface area contributed by atoms with Crippen molar-refractivity contribution in [1.82, 2.24) is 5.32 Å². The molecule has 2 rings (SSSR count). The van der Waals surface area contributed by atoms with Crippen LogP contribution in [0.15, 0.2) is 48.5 Å². The van der Waals surface area contributed by atoms with Crippen LogP contribution in [0.1, 0.15) is 17.3 Å². The summed E-state index contributed by atoms with van der Waals surface area (Å²) in [5, 5.41) is 4.46. The Bertz CT molecular complexity index is 647. The van der Waals surface area contributed by atoms with Crippen LogP contribution in [0.25, 0.3) is 0 Å². The van der Waals surface area contributed by atoms with Crippen molar-refractivity contribution < 1.29 is 4.79 Å². The molecule has 3 nitrogen and oxygen atoms in total. The molecule has 2 aromatic carbocycles. The molecule has 0 bridgehead atoms.